The fraction of sp³-hybridized carbons (Fsp3) is 0.0714. The second kappa shape index (κ2) is 5.83. The molecule has 0 aliphatic carbocycles. The van der Waals surface area contributed by atoms with Crippen molar-refractivity contribution in [3.63, 3.8) is 0 Å². The maximum atomic E-state index is 10.8. The summed E-state index contributed by atoms with van der Waals surface area (Å²) >= 11 is 0. The first-order chi connectivity index (χ1) is 9.54. The Kier molecular flexibility index (Phi) is 3.95. The van der Waals surface area contributed by atoms with Crippen LogP contribution in [0.2, 0.25) is 0 Å². The van der Waals surface area contributed by atoms with E-state index in [1.54, 1.807) is 24.3 Å². The second-order valence-electron chi connectivity index (χ2n) is 3.92. The summed E-state index contributed by atoms with van der Waals surface area (Å²) < 4.78 is 10.4. The lowest BCUT2D eigenvalue weighted by Crippen LogP contribution is -2.00. The van der Waals surface area contributed by atoms with Gasteiger partial charge in [0.1, 0.15) is 17.2 Å². The number of nitrogens with zero attached hydrogens (tertiary/aromatic N) is 1. The van der Waals surface area contributed by atoms with Crippen molar-refractivity contribution in [1.82, 2.24) is 0 Å². The third-order valence-electron chi connectivity index (χ3n) is 2.37. The fourth-order valence-electron chi connectivity index (χ4n) is 1.51. The van der Waals surface area contributed by atoms with Crippen LogP contribution in [0.15, 0.2) is 48.5 Å². The van der Waals surface area contributed by atoms with Crippen molar-refractivity contribution in [2.45, 2.75) is 6.92 Å². The zero-order valence-electron chi connectivity index (χ0n) is 10.6. The zero-order chi connectivity index (χ0) is 14.5. The molecule has 6 heteroatoms. The number of non-ortho nitro benzene ring substituents is 1. The van der Waals surface area contributed by atoms with E-state index in [4.69, 9.17) is 9.47 Å². The molecule has 0 radical (unpaired) electrons. The Balaban J connectivity index is 2.06. The molecule has 0 amide bonds. The molecule has 2 aromatic rings. The Labute approximate surface area is 114 Å². The molecule has 2 aromatic carbocycles. The number of carbonyl (C=O) groups is 1. The lowest BCUT2D eigenvalue weighted by Gasteiger charge is -2.06. The minimum absolute atomic E-state index is 0.00237. The fourth-order valence-corrected chi connectivity index (χ4v) is 1.51. The van der Waals surface area contributed by atoms with Crippen molar-refractivity contribution < 1.29 is 19.2 Å². The summed E-state index contributed by atoms with van der Waals surface area (Å²) in [7, 11) is 0. The normalized spacial score (nSPS) is 9.85. The molecule has 0 aliphatic heterocycles. The van der Waals surface area contributed by atoms with Gasteiger partial charge in [0.05, 0.1) is 4.92 Å². The number of nitro benzene ring substituents is 1. The van der Waals surface area contributed by atoms with Crippen LogP contribution in [-0.2, 0) is 4.79 Å². The van der Waals surface area contributed by atoms with Gasteiger partial charge in [0.15, 0.2) is 0 Å². The third-order valence-corrected chi connectivity index (χ3v) is 2.37. The highest BCUT2D eigenvalue weighted by atomic mass is 16.6. The number of carbonyl (C=O) groups excluding carboxylic acids is 1. The standard InChI is InChI=1S/C14H11NO5/c1-10(16)19-12-6-8-14(9-7-12)20-13-4-2-11(3-5-13)15(17)18/h2-9H,1H3. The Morgan fingerprint density at radius 2 is 1.40 bits per heavy atom. The number of rotatable bonds is 4. The van der Waals surface area contributed by atoms with Crippen LogP contribution in [0.25, 0.3) is 0 Å². The molecule has 2 rings (SSSR count). The van der Waals surface area contributed by atoms with Gasteiger partial charge in [-0.1, -0.05) is 0 Å². The number of ether oxygens (including phenoxy) is 2. The summed E-state index contributed by atoms with van der Waals surface area (Å²) in [4.78, 5) is 20.8. The van der Waals surface area contributed by atoms with E-state index in [0.717, 1.165) is 0 Å². The lowest BCUT2D eigenvalue weighted by atomic mass is 10.3. The van der Waals surface area contributed by atoms with E-state index in [2.05, 4.69) is 0 Å². The Bertz CT molecular complexity index is 619. The van der Waals surface area contributed by atoms with Crippen molar-refractivity contribution >= 4 is 11.7 Å². The van der Waals surface area contributed by atoms with E-state index in [0.29, 0.717) is 17.2 Å². The SMILES string of the molecule is CC(=O)Oc1ccc(Oc2ccc([N+](=O)[O-])cc2)cc1. The van der Waals surface area contributed by atoms with Gasteiger partial charge in [-0.2, -0.15) is 0 Å². The lowest BCUT2D eigenvalue weighted by molar-refractivity contribution is -0.384. The summed E-state index contributed by atoms with van der Waals surface area (Å²) in [5.74, 6) is 1.05. The van der Waals surface area contributed by atoms with Crippen molar-refractivity contribution in [3.05, 3.63) is 58.6 Å². The van der Waals surface area contributed by atoms with E-state index in [-0.39, 0.29) is 5.69 Å². The van der Waals surface area contributed by atoms with Crippen molar-refractivity contribution in [3.8, 4) is 17.2 Å². The van der Waals surface area contributed by atoms with Gasteiger partial charge in [0.25, 0.3) is 5.69 Å². The Morgan fingerprint density at radius 3 is 1.85 bits per heavy atom. The monoisotopic (exact) mass is 273 g/mol. The van der Waals surface area contributed by atoms with Gasteiger partial charge >= 0.3 is 5.97 Å². The molecule has 102 valence electrons. The minimum atomic E-state index is -0.475. The summed E-state index contributed by atoms with van der Waals surface area (Å²) in [5, 5.41) is 10.5. The van der Waals surface area contributed by atoms with Crippen molar-refractivity contribution in [2.75, 3.05) is 0 Å². The predicted octanol–water partition coefficient (Wildman–Crippen LogP) is 3.31. The molecule has 0 heterocycles. The van der Waals surface area contributed by atoms with E-state index in [1.807, 2.05) is 0 Å². The van der Waals surface area contributed by atoms with Crippen LogP contribution in [0.4, 0.5) is 5.69 Å². The van der Waals surface area contributed by atoms with Gasteiger partial charge in [-0.3, -0.25) is 14.9 Å². The topological polar surface area (TPSA) is 78.7 Å². The molecular formula is C14H11NO5. The highest BCUT2D eigenvalue weighted by molar-refractivity contribution is 5.69. The van der Waals surface area contributed by atoms with Crippen LogP contribution in [0.5, 0.6) is 17.2 Å². The molecule has 0 aromatic heterocycles. The molecule has 0 atom stereocenters. The van der Waals surface area contributed by atoms with Gasteiger partial charge in [-0.25, -0.2) is 0 Å². The van der Waals surface area contributed by atoms with E-state index in [1.165, 1.54) is 31.2 Å². The van der Waals surface area contributed by atoms with E-state index < -0.39 is 10.9 Å². The van der Waals surface area contributed by atoms with Gasteiger partial charge in [0.2, 0.25) is 0 Å². The van der Waals surface area contributed by atoms with Gasteiger partial charge in [-0.05, 0) is 36.4 Å². The number of nitro groups is 1. The molecule has 20 heavy (non-hydrogen) atoms. The average molecular weight is 273 g/mol. The number of esters is 1. The van der Waals surface area contributed by atoms with Crippen molar-refractivity contribution in [2.24, 2.45) is 0 Å². The minimum Gasteiger partial charge on any atom is -0.457 e. The summed E-state index contributed by atoms with van der Waals surface area (Å²) in [6.45, 7) is 1.32. The highest BCUT2D eigenvalue weighted by Gasteiger charge is 2.05. The van der Waals surface area contributed by atoms with Gasteiger partial charge in [-0.15, -0.1) is 0 Å². The Hall–Kier alpha value is -2.89. The molecule has 0 bridgehead atoms. The molecule has 0 spiro atoms. The maximum Gasteiger partial charge on any atom is 0.308 e. The first-order valence-electron chi connectivity index (χ1n) is 5.75. The molecule has 0 saturated heterocycles. The smallest absolute Gasteiger partial charge is 0.308 e. The molecule has 0 unspecified atom stereocenters. The largest absolute Gasteiger partial charge is 0.457 e. The van der Waals surface area contributed by atoms with Crippen molar-refractivity contribution in [1.29, 1.82) is 0 Å². The average Bonchev–Trinajstić information content (AvgIpc) is 2.41. The van der Waals surface area contributed by atoms with Gasteiger partial charge < -0.3 is 9.47 Å². The number of hydrogen-bond donors (Lipinski definition) is 0. The first kappa shape index (κ1) is 13.5. The number of hydrogen-bond acceptors (Lipinski definition) is 5. The summed E-state index contributed by atoms with van der Waals surface area (Å²) in [6.07, 6.45) is 0. The van der Waals surface area contributed by atoms with Crippen LogP contribution in [0.1, 0.15) is 6.92 Å². The molecule has 0 fully saturated rings. The van der Waals surface area contributed by atoms with Crippen LogP contribution < -0.4 is 9.47 Å². The molecule has 0 saturated carbocycles. The quantitative estimate of drug-likeness (QED) is 0.369. The van der Waals surface area contributed by atoms with E-state index >= 15 is 0 Å². The van der Waals surface area contributed by atoms with Crippen LogP contribution in [-0.4, -0.2) is 10.9 Å². The third kappa shape index (κ3) is 3.55. The van der Waals surface area contributed by atoms with Crippen LogP contribution in [0, 0.1) is 10.1 Å². The van der Waals surface area contributed by atoms with Gasteiger partial charge in [0, 0.05) is 19.1 Å². The zero-order valence-corrected chi connectivity index (χ0v) is 10.6. The summed E-state index contributed by atoms with van der Waals surface area (Å²) in [5.41, 5.74) is 0.00237. The molecular weight excluding hydrogens is 262 g/mol. The second-order valence-corrected chi connectivity index (χ2v) is 3.92. The molecule has 0 N–H and O–H groups in total. The summed E-state index contributed by atoms with van der Waals surface area (Å²) in [6, 6.07) is 12.2. The molecule has 6 nitrogen and oxygen atoms in total. The Morgan fingerprint density at radius 1 is 0.950 bits per heavy atom. The predicted molar refractivity (Wildman–Crippen MR) is 70.9 cm³/mol. The molecule has 0 aliphatic rings. The highest BCUT2D eigenvalue weighted by Crippen LogP contribution is 2.25. The van der Waals surface area contributed by atoms with Crippen LogP contribution >= 0.6 is 0 Å². The first-order valence-corrected chi connectivity index (χ1v) is 5.75. The van der Waals surface area contributed by atoms with Crippen LogP contribution in [0.3, 0.4) is 0 Å². The maximum absolute atomic E-state index is 10.8. The number of benzene rings is 2. The van der Waals surface area contributed by atoms with E-state index in [9.17, 15) is 14.9 Å².